The SMILES string of the molecule is Nc1cc(Cl)c(F)c(S(=O)(=O)NCC(=O)NC2CC2)c1. The maximum absolute atomic E-state index is 13.7. The molecule has 2 rings (SSSR count). The Morgan fingerprint density at radius 1 is 1.45 bits per heavy atom. The van der Waals surface area contributed by atoms with E-state index in [1.807, 2.05) is 4.72 Å². The van der Waals surface area contributed by atoms with E-state index in [0.717, 1.165) is 25.0 Å². The zero-order valence-corrected chi connectivity index (χ0v) is 11.9. The first-order valence-electron chi connectivity index (χ1n) is 5.83. The summed E-state index contributed by atoms with van der Waals surface area (Å²) in [7, 11) is -4.20. The molecule has 1 aliphatic carbocycles. The van der Waals surface area contributed by atoms with Gasteiger partial charge in [-0.3, -0.25) is 4.79 Å². The van der Waals surface area contributed by atoms with Crippen LogP contribution in [0.5, 0.6) is 0 Å². The molecule has 0 spiro atoms. The number of carbonyl (C=O) groups excluding carboxylic acids is 1. The van der Waals surface area contributed by atoms with Crippen molar-refractivity contribution >= 4 is 33.2 Å². The number of nitrogens with two attached hydrogens (primary N) is 1. The largest absolute Gasteiger partial charge is 0.399 e. The second-order valence-corrected chi connectivity index (χ2v) is 6.62. The topological polar surface area (TPSA) is 101 Å². The van der Waals surface area contributed by atoms with Gasteiger partial charge < -0.3 is 11.1 Å². The molecule has 0 aromatic heterocycles. The molecule has 1 fully saturated rings. The van der Waals surface area contributed by atoms with Crippen LogP contribution < -0.4 is 15.8 Å². The molecule has 1 aromatic rings. The van der Waals surface area contributed by atoms with Crippen LogP contribution in [0.15, 0.2) is 17.0 Å². The van der Waals surface area contributed by atoms with Gasteiger partial charge in [-0.25, -0.2) is 17.5 Å². The molecule has 0 heterocycles. The van der Waals surface area contributed by atoms with Gasteiger partial charge in [-0.15, -0.1) is 0 Å². The standard InChI is InChI=1S/C11H13ClFN3O3S/c12-8-3-6(14)4-9(11(8)13)20(18,19)15-5-10(17)16-7-1-2-7/h3-4,7,15H,1-2,5,14H2,(H,16,17). The Kier molecular flexibility index (Phi) is 4.17. The summed E-state index contributed by atoms with van der Waals surface area (Å²) < 4.78 is 39.6. The van der Waals surface area contributed by atoms with Gasteiger partial charge in [-0.05, 0) is 25.0 Å². The number of nitrogens with one attached hydrogen (secondary N) is 2. The van der Waals surface area contributed by atoms with Crippen molar-refractivity contribution in [2.45, 2.75) is 23.8 Å². The third-order valence-corrected chi connectivity index (χ3v) is 4.35. The third-order valence-electron chi connectivity index (χ3n) is 2.67. The number of anilines is 1. The first-order valence-corrected chi connectivity index (χ1v) is 7.69. The van der Waals surface area contributed by atoms with E-state index >= 15 is 0 Å². The number of amides is 1. The fourth-order valence-electron chi connectivity index (χ4n) is 1.52. The van der Waals surface area contributed by atoms with Crippen molar-refractivity contribution < 1.29 is 17.6 Å². The van der Waals surface area contributed by atoms with Crippen LogP contribution in [-0.4, -0.2) is 26.9 Å². The van der Waals surface area contributed by atoms with Crippen LogP contribution in [0.1, 0.15) is 12.8 Å². The quantitative estimate of drug-likeness (QED) is 0.692. The summed E-state index contributed by atoms with van der Waals surface area (Å²) in [5.74, 6) is -1.57. The van der Waals surface area contributed by atoms with Crippen LogP contribution in [0.4, 0.5) is 10.1 Å². The Morgan fingerprint density at radius 3 is 2.70 bits per heavy atom. The minimum Gasteiger partial charge on any atom is -0.399 e. The van der Waals surface area contributed by atoms with E-state index in [2.05, 4.69) is 5.32 Å². The van der Waals surface area contributed by atoms with Gasteiger partial charge in [0.05, 0.1) is 11.6 Å². The van der Waals surface area contributed by atoms with E-state index in [9.17, 15) is 17.6 Å². The van der Waals surface area contributed by atoms with Crippen molar-refractivity contribution in [3.05, 3.63) is 23.0 Å². The van der Waals surface area contributed by atoms with Gasteiger partial charge in [-0.1, -0.05) is 11.6 Å². The Hall–Kier alpha value is -1.38. The highest BCUT2D eigenvalue weighted by Crippen LogP contribution is 2.25. The molecule has 1 aliphatic rings. The predicted molar refractivity (Wildman–Crippen MR) is 72.2 cm³/mol. The molecule has 4 N–H and O–H groups in total. The summed E-state index contributed by atoms with van der Waals surface area (Å²) >= 11 is 5.54. The molecule has 6 nitrogen and oxygen atoms in total. The summed E-state index contributed by atoms with van der Waals surface area (Å²) in [5.41, 5.74) is 5.45. The monoisotopic (exact) mass is 321 g/mol. The molecule has 0 unspecified atom stereocenters. The molecule has 0 bridgehead atoms. The molecule has 0 saturated heterocycles. The van der Waals surface area contributed by atoms with Gasteiger partial charge >= 0.3 is 0 Å². The van der Waals surface area contributed by atoms with E-state index in [4.69, 9.17) is 17.3 Å². The lowest BCUT2D eigenvalue weighted by Crippen LogP contribution is -2.38. The predicted octanol–water partition coefficient (Wildman–Crippen LogP) is 0.618. The van der Waals surface area contributed by atoms with Crippen LogP contribution in [-0.2, 0) is 14.8 Å². The van der Waals surface area contributed by atoms with Crippen molar-refractivity contribution in [2.75, 3.05) is 12.3 Å². The molecule has 1 amide bonds. The summed E-state index contributed by atoms with van der Waals surface area (Å²) in [6.07, 6.45) is 1.77. The van der Waals surface area contributed by atoms with E-state index < -0.39 is 38.2 Å². The van der Waals surface area contributed by atoms with Gasteiger partial charge in [0, 0.05) is 11.7 Å². The van der Waals surface area contributed by atoms with E-state index in [-0.39, 0.29) is 11.7 Å². The molecule has 1 saturated carbocycles. The van der Waals surface area contributed by atoms with Crippen LogP contribution in [0.2, 0.25) is 5.02 Å². The number of halogens is 2. The van der Waals surface area contributed by atoms with Crippen LogP contribution in [0.3, 0.4) is 0 Å². The smallest absolute Gasteiger partial charge is 0.244 e. The van der Waals surface area contributed by atoms with E-state index in [1.54, 1.807) is 0 Å². The summed E-state index contributed by atoms with van der Waals surface area (Å²) in [5, 5.41) is 2.21. The van der Waals surface area contributed by atoms with Gasteiger partial charge in [-0.2, -0.15) is 0 Å². The molecule has 1 aromatic carbocycles. The van der Waals surface area contributed by atoms with Crippen LogP contribution >= 0.6 is 11.6 Å². The number of hydrogen-bond acceptors (Lipinski definition) is 4. The zero-order chi connectivity index (χ0) is 14.9. The number of nitrogen functional groups attached to an aromatic ring is 1. The zero-order valence-electron chi connectivity index (χ0n) is 10.3. The first-order chi connectivity index (χ1) is 9.29. The summed E-state index contributed by atoms with van der Waals surface area (Å²) in [6.45, 7) is -0.468. The van der Waals surface area contributed by atoms with Gasteiger partial charge in [0.1, 0.15) is 4.90 Å². The lowest BCUT2D eigenvalue weighted by atomic mass is 10.3. The summed E-state index contributed by atoms with van der Waals surface area (Å²) in [4.78, 5) is 10.7. The Morgan fingerprint density at radius 2 is 2.10 bits per heavy atom. The summed E-state index contributed by atoms with van der Waals surface area (Å²) in [6, 6.07) is 2.17. The normalized spacial score (nSPS) is 15.1. The van der Waals surface area contributed by atoms with Gasteiger partial charge in [0.25, 0.3) is 0 Å². The molecule has 110 valence electrons. The molecule has 0 radical (unpaired) electrons. The number of benzene rings is 1. The van der Waals surface area contributed by atoms with Gasteiger partial charge in [0.15, 0.2) is 5.82 Å². The third kappa shape index (κ3) is 3.59. The maximum atomic E-state index is 13.7. The van der Waals surface area contributed by atoms with Crippen molar-refractivity contribution in [1.29, 1.82) is 0 Å². The van der Waals surface area contributed by atoms with Crippen LogP contribution in [0, 0.1) is 5.82 Å². The molecule has 0 atom stereocenters. The lowest BCUT2D eigenvalue weighted by Gasteiger charge is -2.09. The Bertz CT molecular complexity index is 647. The van der Waals surface area contributed by atoms with E-state index in [1.165, 1.54) is 0 Å². The van der Waals surface area contributed by atoms with Gasteiger partial charge in [0.2, 0.25) is 15.9 Å². The number of hydrogen-bond donors (Lipinski definition) is 3. The number of carbonyl (C=O) groups is 1. The highest BCUT2D eigenvalue weighted by Gasteiger charge is 2.25. The number of rotatable bonds is 5. The molecular weight excluding hydrogens is 309 g/mol. The molecule has 9 heteroatoms. The van der Waals surface area contributed by atoms with Crippen molar-refractivity contribution in [1.82, 2.24) is 10.0 Å². The fraction of sp³-hybridized carbons (Fsp3) is 0.364. The minimum absolute atomic E-state index is 0.0132. The molecule has 20 heavy (non-hydrogen) atoms. The van der Waals surface area contributed by atoms with Crippen molar-refractivity contribution in [2.24, 2.45) is 0 Å². The highest BCUT2D eigenvalue weighted by molar-refractivity contribution is 7.89. The second-order valence-electron chi connectivity index (χ2n) is 4.48. The highest BCUT2D eigenvalue weighted by atomic mass is 35.5. The van der Waals surface area contributed by atoms with Crippen molar-refractivity contribution in [3.8, 4) is 0 Å². The first kappa shape index (κ1) is 15.0. The molecular formula is C11H13ClFN3O3S. The van der Waals surface area contributed by atoms with E-state index in [0.29, 0.717) is 0 Å². The Labute approximate surface area is 120 Å². The average molecular weight is 322 g/mol. The molecule has 0 aliphatic heterocycles. The minimum atomic E-state index is -4.20. The Balaban J connectivity index is 2.11. The van der Waals surface area contributed by atoms with Crippen LogP contribution in [0.25, 0.3) is 0 Å². The second kappa shape index (κ2) is 5.55. The van der Waals surface area contributed by atoms with Crippen molar-refractivity contribution in [3.63, 3.8) is 0 Å². The average Bonchev–Trinajstić information content (AvgIpc) is 3.15. The number of sulfonamides is 1. The maximum Gasteiger partial charge on any atom is 0.244 e. The lowest BCUT2D eigenvalue weighted by molar-refractivity contribution is -0.120. The fourth-order valence-corrected chi connectivity index (χ4v) is 2.92.